The van der Waals surface area contributed by atoms with Crippen LogP contribution >= 0.6 is 0 Å². The van der Waals surface area contributed by atoms with Gasteiger partial charge in [-0.05, 0) is 37.1 Å². The standard InChI is InChI=1S/C21H23FN6O/c22-17-7-5-16(6-8-17)20-26-25-19-9-14-27(12-3-1-2-4-13-28(19)20)21(29)18-15-23-10-11-24-18/h5-8,10-11,15H,1-4,9,12-14H2. The second kappa shape index (κ2) is 8.89. The molecular formula is C21H23FN6O. The van der Waals surface area contributed by atoms with Crippen LogP contribution in [0, 0.1) is 5.82 Å². The van der Waals surface area contributed by atoms with Crippen molar-refractivity contribution in [2.75, 3.05) is 13.1 Å². The lowest BCUT2D eigenvalue weighted by Crippen LogP contribution is -2.34. The molecule has 0 spiro atoms. The van der Waals surface area contributed by atoms with Crippen LogP contribution in [0.2, 0.25) is 0 Å². The van der Waals surface area contributed by atoms with Crippen LogP contribution in [-0.2, 0) is 13.0 Å². The Morgan fingerprint density at radius 2 is 1.72 bits per heavy atom. The highest BCUT2D eigenvalue weighted by atomic mass is 19.1. The minimum atomic E-state index is -0.274. The molecule has 0 saturated heterocycles. The highest BCUT2D eigenvalue weighted by molar-refractivity contribution is 5.91. The summed E-state index contributed by atoms with van der Waals surface area (Å²) in [4.78, 5) is 22.8. The van der Waals surface area contributed by atoms with Gasteiger partial charge in [-0.25, -0.2) is 9.37 Å². The summed E-state index contributed by atoms with van der Waals surface area (Å²) in [6, 6.07) is 6.32. The number of nitrogens with zero attached hydrogens (tertiary/aromatic N) is 6. The summed E-state index contributed by atoms with van der Waals surface area (Å²) in [5, 5.41) is 8.74. The monoisotopic (exact) mass is 394 g/mol. The number of halogens is 1. The van der Waals surface area contributed by atoms with Gasteiger partial charge in [0.2, 0.25) is 0 Å². The van der Waals surface area contributed by atoms with Crippen LogP contribution in [0.5, 0.6) is 0 Å². The number of carbonyl (C=O) groups is 1. The summed E-state index contributed by atoms with van der Waals surface area (Å²) in [6.07, 6.45) is 9.27. The fourth-order valence-electron chi connectivity index (χ4n) is 3.62. The van der Waals surface area contributed by atoms with E-state index in [1.807, 2.05) is 4.90 Å². The van der Waals surface area contributed by atoms with Gasteiger partial charge < -0.3 is 9.47 Å². The maximum Gasteiger partial charge on any atom is 0.274 e. The van der Waals surface area contributed by atoms with Crippen molar-refractivity contribution >= 4 is 5.91 Å². The Morgan fingerprint density at radius 1 is 0.931 bits per heavy atom. The van der Waals surface area contributed by atoms with Crippen molar-refractivity contribution in [1.82, 2.24) is 29.6 Å². The van der Waals surface area contributed by atoms with Crippen LogP contribution < -0.4 is 0 Å². The number of fused-ring (bicyclic) bond motifs is 1. The molecule has 0 unspecified atom stereocenters. The Morgan fingerprint density at radius 3 is 2.48 bits per heavy atom. The summed E-state index contributed by atoms with van der Waals surface area (Å²) < 4.78 is 15.4. The van der Waals surface area contributed by atoms with Crippen molar-refractivity contribution < 1.29 is 9.18 Å². The molecule has 3 aromatic rings. The first kappa shape index (κ1) is 19.2. The number of hydrogen-bond acceptors (Lipinski definition) is 5. The lowest BCUT2D eigenvalue weighted by molar-refractivity contribution is 0.0747. The Bertz CT molecular complexity index is 957. The van der Waals surface area contributed by atoms with E-state index in [9.17, 15) is 9.18 Å². The molecule has 0 bridgehead atoms. The van der Waals surface area contributed by atoms with E-state index in [0.717, 1.165) is 49.4 Å². The van der Waals surface area contributed by atoms with Gasteiger partial charge in [-0.3, -0.25) is 9.78 Å². The maximum atomic E-state index is 13.3. The van der Waals surface area contributed by atoms with E-state index >= 15 is 0 Å². The number of benzene rings is 1. The van der Waals surface area contributed by atoms with Gasteiger partial charge >= 0.3 is 0 Å². The van der Waals surface area contributed by atoms with Crippen LogP contribution in [0.3, 0.4) is 0 Å². The molecule has 1 aliphatic rings. The molecule has 150 valence electrons. The van der Waals surface area contributed by atoms with E-state index in [4.69, 9.17) is 0 Å². The molecule has 0 atom stereocenters. The van der Waals surface area contributed by atoms with E-state index in [2.05, 4.69) is 24.7 Å². The second-order valence-electron chi connectivity index (χ2n) is 7.15. The smallest absolute Gasteiger partial charge is 0.274 e. The number of hydrogen-bond donors (Lipinski definition) is 0. The number of aromatic nitrogens is 5. The molecule has 1 amide bonds. The SMILES string of the molecule is O=C(c1cnccn1)N1CCCCCCn2c(nnc2-c2ccc(F)cc2)CC1. The number of amides is 1. The lowest BCUT2D eigenvalue weighted by Gasteiger charge is -2.21. The first-order valence-corrected chi connectivity index (χ1v) is 9.95. The first-order chi connectivity index (χ1) is 14.2. The highest BCUT2D eigenvalue weighted by Crippen LogP contribution is 2.21. The van der Waals surface area contributed by atoms with Gasteiger partial charge in [0.1, 0.15) is 17.3 Å². The van der Waals surface area contributed by atoms with Crippen molar-refractivity contribution in [1.29, 1.82) is 0 Å². The van der Waals surface area contributed by atoms with Crippen molar-refractivity contribution in [3.05, 3.63) is 60.2 Å². The molecule has 0 aliphatic carbocycles. The predicted molar refractivity (Wildman–Crippen MR) is 106 cm³/mol. The van der Waals surface area contributed by atoms with Gasteiger partial charge in [0, 0.05) is 44.0 Å². The van der Waals surface area contributed by atoms with E-state index in [-0.39, 0.29) is 11.7 Å². The van der Waals surface area contributed by atoms with E-state index < -0.39 is 0 Å². The summed E-state index contributed by atoms with van der Waals surface area (Å²) in [5.41, 5.74) is 1.20. The highest BCUT2D eigenvalue weighted by Gasteiger charge is 2.20. The molecule has 1 aromatic carbocycles. The molecule has 1 aliphatic heterocycles. The molecule has 29 heavy (non-hydrogen) atoms. The zero-order valence-electron chi connectivity index (χ0n) is 16.2. The Hall–Kier alpha value is -3.16. The fourth-order valence-corrected chi connectivity index (χ4v) is 3.62. The fraction of sp³-hybridized carbons (Fsp3) is 0.381. The van der Waals surface area contributed by atoms with Gasteiger partial charge in [-0.15, -0.1) is 10.2 Å². The number of carbonyl (C=O) groups excluding carboxylic acids is 1. The molecule has 0 N–H and O–H groups in total. The molecule has 0 radical (unpaired) electrons. The van der Waals surface area contributed by atoms with Gasteiger partial charge in [-0.1, -0.05) is 12.8 Å². The zero-order valence-corrected chi connectivity index (χ0v) is 16.2. The summed E-state index contributed by atoms with van der Waals surface area (Å²) in [5.74, 6) is 1.19. The van der Waals surface area contributed by atoms with E-state index in [1.54, 1.807) is 18.3 Å². The minimum absolute atomic E-state index is 0.109. The van der Waals surface area contributed by atoms with Crippen molar-refractivity contribution in [3.8, 4) is 11.4 Å². The first-order valence-electron chi connectivity index (χ1n) is 9.95. The van der Waals surface area contributed by atoms with Gasteiger partial charge in [-0.2, -0.15) is 0 Å². The van der Waals surface area contributed by atoms with E-state index in [0.29, 0.717) is 25.2 Å². The third-order valence-corrected chi connectivity index (χ3v) is 5.16. The van der Waals surface area contributed by atoms with Crippen LogP contribution in [0.15, 0.2) is 42.9 Å². The van der Waals surface area contributed by atoms with Gasteiger partial charge in [0.25, 0.3) is 5.91 Å². The molecular weight excluding hydrogens is 371 g/mol. The average Bonchev–Trinajstić information content (AvgIpc) is 3.14. The number of rotatable bonds is 2. The summed E-state index contributed by atoms with van der Waals surface area (Å²) >= 11 is 0. The molecule has 7 nitrogen and oxygen atoms in total. The van der Waals surface area contributed by atoms with Crippen molar-refractivity contribution in [3.63, 3.8) is 0 Å². The largest absolute Gasteiger partial charge is 0.337 e. The van der Waals surface area contributed by atoms with Gasteiger partial charge in [0.05, 0.1) is 6.20 Å². The van der Waals surface area contributed by atoms with Crippen molar-refractivity contribution in [2.45, 2.75) is 38.6 Å². The molecule has 0 fully saturated rings. The van der Waals surface area contributed by atoms with Crippen molar-refractivity contribution in [2.24, 2.45) is 0 Å². The van der Waals surface area contributed by atoms with Crippen LogP contribution in [0.4, 0.5) is 4.39 Å². The third kappa shape index (κ3) is 4.47. The average molecular weight is 394 g/mol. The van der Waals surface area contributed by atoms with E-state index in [1.165, 1.54) is 24.5 Å². The molecule has 3 heterocycles. The Balaban J connectivity index is 1.58. The Kier molecular flexibility index (Phi) is 5.88. The summed E-state index contributed by atoms with van der Waals surface area (Å²) in [6.45, 7) is 2.04. The molecule has 8 heteroatoms. The van der Waals surface area contributed by atoms with Gasteiger partial charge in [0.15, 0.2) is 5.82 Å². The Labute approximate surface area is 168 Å². The summed E-state index contributed by atoms with van der Waals surface area (Å²) in [7, 11) is 0. The van der Waals surface area contributed by atoms with Crippen LogP contribution in [0.1, 0.15) is 42.0 Å². The zero-order chi connectivity index (χ0) is 20.1. The van der Waals surface area contributed by atoms with Crippen LogP contribution in [-0.4, -0.2) is 48.6 Å². The topological polar surface area (TPSA) is 76.8 Å². The normalized spacial score (nSPS) is 15.4. The minimum Gasteiger partial charge on any atom is -0.337 e. The predicted octanol–water partition coefficient (Wildman–Crippen LogP) is 3.13. The molecule has 0 saturated carbocycles. The quantitative estimate of drug-likeness (QED) is 0.667. The molecule has 2 aromatic heterocycles. The third-order valence-electron chi connectivity index (χ3n) is 5.16. The molecule has 4 rings (SSSR count). The maximum absolute atomic E-state index is 13.3. The second-order valence-corrected chi connectivity index (χ2v) is 7.15. The lowest BCUT2D eigenvalue weighted by atomic mass is 10.1. The van der Waals surface area contributed by atoms with Crippen LogP contribution in [0.25, 0.3) is 11.4 Å².